The molecule has 0 saturated heterocycles. The minimum Gasteiger partial charge on any atom is -0.359 e. The molecule has 0 aliphatic heterocycles. The largest absolute Gasteiger partial charge is 0.416 e. The van der Waals surface area contributed by atoms with Gasteiger partial charge in [-0.15, -0.1) is 0 Å². The molecule has 178 valence electrons. The van der Waals surface area contributed by atoms with Crippen molar-refractivity contribution in [1.82, 2.24) is 15.2 Å². The Bertz CT molecular complexity index is 1010. The molecule has 0 spiro atoms. The van der Waals surface area contributed by atoms with E-state index in [9.17, 15) is 27.2 Å². The predicted molar refractivity (Wildman–Crippen MR) is 115 cm³/mol. The lowest BCUT2D eigenvalue weighted by Crippen LogP contribution is -2.53. The maximum atomic E-state index is 14.2. The molecule has 11 heteroatoms. The number of halogens is 5. The lowest BCUT2D eigenvalue weighted by molar-refractivity contribution is -0.140. The molecule has 2 amide bonds. The first-order valence-electron chi connectivity index (χ1n) is 10.2. The fraction of sp³-hybridized carbons (Fsp3) is 0.409. The third-order valence-electron chi connectivity index (χ3n) is 5.65. The topological polar surface area (TPSA) is 65.5 Å². The zero-order valence-corrected chi connectivity index (χ0v) is 18.8. The maximum absolute atomic E-state index is 14.2. The van der Waals surface area contributed by atoms with Crippen LogP contribution in [0.3, 0.4) is 0 Å². The molecule has 1 fully saturated rings. The fourth-order valence-electron chi connectivity index (χ4n) is 3.73. The Hall–Kier alpha value is -2.88. The molecule has 6 nitrogen and oxygen atoms in total. The fourth-order valence-corrected chi connectivity index (χ4v) is 3.88. The van der Waals surface area contributed by atoms with Crippen molar-refractivity contribution in [3.8, 4) is 0 Å². The number of carbonyl (C=O) groups is 2. The van der Waals surface area contributed by atoms with Crippen molar-refractivity contribution in [2.45, 2.75) is 31.6 Å². The molecule has 0 radical (unpaired) electrons. The number of aromatic nitrogens is 1. The van der Waals surface area contributed by atoms with Gasteiger partial charge in [0, 0.05) is 38.8 Å². The van der Waals surface area contributed by atoms with Gasteiger partial charge in [-0.1, -0.05) is 23.7 Å². The zero-order chi connectivity index (χ0) is 24.3. The highest BCUT2D eigenvalue weighted by molar-refractivity contribution is 6.30. The first-order chi connectivity index (χ1) is 15.5. The van der Waals surface area contributed by atoms with Gasteiger partial charge in [-0.3, -0.25) is 9.59 Å². The number of hydrogen-bond donors (Lipinski definition) is 1. The average Bonchev–Trinajstić information content (AvgIpc) is 2.71. The molecular formula is C22H23ClF4N4O2. The Morgan fingerprint density at radius 2 is 1.85 bits per heavy atom. The SMILES string of the molecule is CNC(=O)C1CC(N(Cc2ccc(C(F)(F)F)cc2)C(=O)CN(C)c2ncc(Cl)cc2F)C1. The normalized spacial score (nSPS) is 17.8. The van der Waals surface area contributed by atoms with E-state index in [1.54, 1.807) is 0 Å². The smallest absolute Gasteiger partial charge is 0.359 e. The summed E-state index contributed by atoms with van der Waals surface area (Å²) in [6.45, 7) is -0.153. The summed E-state index contributed by atoms with van der Waals surface area (Å²) in [6.07, 6.45) is -2.32. The van der Waals surface area contributed by atoms with Crippen LogP contribution in [0.4, 0.5) is 23.4 Å². The van der Waals surface area contributed by atoms with E-state index in [0.717, 1.165) is 18.2 Å². The molecule has 33 heavy (non-hydrogen) atoms. The average molecular weight is 487 g/mol. The van der Waals surface area contributed by atoms with Crippen molar-refractivity contribution >= 4 is 29.2 Å². The van der Waals surface area contributed by atoms with E-state index in [-0.39, 0.29) is 47.7 Å². The van der Waals surface area contributed by atoms with Crippen LogP contribution in [0.5, 0.6) is 0 Å². The summed E-state index contributed by atoms with van der Waals surface area (Å²) < 4.78 is 52.8. The molecule has 1 heterocycles. The molecule has 0 atom stereocenters. The van der Waals surface area contributed by atoms with E-state index in [4.69, 9.17) is 11.6 Å². The summed E-state index contributed by atoms with van der Waals surface area (Å²) in [6, 6.07) is 5.39. The molecule has 1 saturated carbocycles. The second-order valence-corrected chi connectivity index (χ2v) is 8.40. The lowest BCUT2D eigenvalue weighted by Gasteiger charge is -2.42. The van der Waals surface area contributed by atoms with Gasteiger partial charge in [0.05, 0.1) is 17.1 Å². The molecule has 1 N–H and O–H groups in total. The van der Waals surface area contributed by atoms with Crippen molar-refractivity contribution < 1.29 is 27.2 Å². The van der Waals surface area contributed by atoms with Gasteiger partial charge >= 0.3 is 6.18 Å². The minimum atomic E-state index is -4.46. The number of alkyl halides is 3. The lowest BCUT2D eigenvalue weighted by atomic mass is 9.78. The summed E-state index contributed by atoms with van der Waals surface area (Å²) in [5.41, 5.74) is -0.269. The van der Waals surface area contributed by atoms with Crippen LogP contribution in [0.1, 0.15) is 24.0 Å². The Labute approximate surface area is 193 Å². The van der Waals surface area contributed by atoms with Gasteiger partial charge in [-0.05, 0) is 36.6 Å². The summed E-state index contributed by atoms with van der Waals surface area (Å²) in [4.78, 5) is 31.8. The van der Waals surface area contributed by atoms with Crippen LogP contribution in [0.15, 0.2) is 36.5 Å². The van der Waals surface area contributed by atoms with Crippen LogP contribution < -0.4 is 10.2 Å². The van der Waals surface area contributed by atoms with Gasteiger partial charge in [0.15, 0.2) is 11.6 Å². The Balaban J connectivity index is 1.76. The van der Waals surface area contributed by atoms with E-state index < -0.39 is 17.6 Å². The molecular weight excluding hydrogens is 464 g/mol. The van der Waals surface area contributed by atoms with Crippen molar-refractivity contribution in [3.63, 3.8) is 0 Å². The Morgan fingerprint density at radius 1 is 1.21 bits per heavy atom. The summed E-state index contributed by atoms with van der Waals surface area (Å²) in [5.74, 6) is -1.47. The van der Waals surface area contributed by atoms with E-state index >= 15 is 0 Å². The number of rotatable bonds is 7. The van der Waals surface area contributed by atoms with Crippen molar-refractivity contribution in [2.24, 2.45) is 5.92 Å². The van der Waals surface area contributed by atoms with Gasteiger partial charge in [0.25, 0.3) is 0 Å². The molecule has 0 bridgehead atoms. The van der Waals surface area contributed by atoms with Gasteiger partial charge in [-0.2, -0.15) is 13.2 Å². The van der Waals surface area contributed by atoms with Crippen LogP contribution >= 0.6 is 11.6 Å². The first kappa shape index (κ1) is 24.8. The quantitative estimate of drug-likeness (QED) is 0.603. The molecule has 3 rings (SSSR count). The second kappa shape index (κ2) is 9.94. The van der Waals surface area contributed by atoms with Crippen molar-refractivity contribution in [1.29, 1.82) is 0 Å². The summed E-state index contributed by atoms with van der Waals surface area (Å²) in [5, 5.41) is 2.69. The number of hydrogen-bond acceptors (Lipinski definition) is 4. The molecule has 0 unspecified atom stereocenters. The summed E-state index contributed by atoms with van der Waals surface area (Å²) >= 11 is 5.73. The Kier molecular flexibility index (Phi) is 7.46. The van der Waals surface area contributed by atoms with Crippen LogP contribution in [-0.2, 0) is 22.3 Å². The Morgan fingerprint density at radius 3 is 2.39 bits per heavy atom. The van der Waals surface area contributed by atoms with E-state index in [1.807, 2.05) is 0 Å². The number of anilines is 1. The summed E-state index contributed by atoms with van der Waals surface area (Å²) in [7, 11) is 3.03. The molecule has 1 aromatic heterocycles. The third kappa shape index (κ3) is 5.93. The molecule has 1 aromatic carbocycles. The number of amides is 2. The van der Waals surface area contributed by atoms with Gasteiger partial charge in [0.2, 0.25) is 11.8 Å². The minimum absolute atomic E-state index is 0.0564. The van der Waals surface area contributed by atoms with Crippen LogP contribution in [0, 0.1) is 11.7 Å². The molecule has 1 aliphatic rings. The highest BCUT2D eigenvalue weighted by atomic mass is 35.5. The number of benzene rings is 1. The highest BCUT2D eigenvalue weighted by Crippen LogP contribution is 2.34. The van der Waals surface area contributed by atoms with E-state index in [1.165, 1.54) is 42.2 Å². The molecule has 1 aliphatic carbocycles. The van der Waals surface area contributed by atoms with Gasteiger partial charge < -0.3 is 15.1 Å². The number of nitrogens with one attached hydrogen (secondary N) is 1. The highest BCUT2D eigenvalue weighted by Gasteiger charge is 2.39. The van der Waals surface area contributed by atoms with E-state index in [2.05, 4.69) is 10.3 Å². The second-order valence-electron chi connectivity index (χ2n) is 7.97. The number of pyridine rings is 1. The van der Waals surface area contributed by atoms with E-state index in [0.29, 0.717) is 18.4 Å². The van der Waals surface area contributed by atoms with Crippen LogP contribution in [-0.4, -0.2) is 48.4 Å². The monoisotopic (exact) mass is 486 g/mol. The van der Waals surface area contributed by atoms with Gasteiger partial charge in [-0.25, -0.2) is 9.37 Å². The van der Waals surface area contributed by atoms with Crippen molar-refractivity contribution in [3.05, 3.63) is 58.5 Å². The zero-order valence-electron chi connectivity index (χ0n) is 18.0. The standard InChI is InChI=1S/C22H23ClF4N4O2/c1-28-21(33)14-7-17(8-14)31(11-13-3-5-15(6-4-13)22(25,26)27)19(32)12-30(2)20-18(24)9-16(23)10-29-20/h3-6,9-10,14,17H,7-8,11-12H2,1-2H3,(H,28,33). The van der Waals surface area contributed by atoms with Gasteiger partial charge in [0.1, 0.15) is 0 Å². The van der Waals surface area contributed by atoms with Crippen LogP contribution in [0.25, 0.3) is 0 Å². The number of carbonyl (C=O) groups excluding carboxylic acids is 2. The number of nitrogens with zero attached hydrogens (tertiary/aromatic N) is 3. The van der Waals surface area contributed by atoms with Crippen molar-refractivity contribution in [2.75, 3.05) is 25.5 Å². The maximum Gasteiger partial charge on any atom is 0.416 e. The first-order valence-corrected chi connectivity index (χ1v) is 10.6. The van der Waals surface area contributed by atoms with Crippen LogP contribution in [0.2, 0.25) is 5.02 Å². The third-order valence-corrected chi connectivity index (χ3v) is 5.85. The number of likely N-dealkylation sites (N-methyl/N-ethyl adjacent to an activating group) is 1. The predicted octanol–water partition coefficient (Wildman–Crippen LogP) is 3.88. The molecule has 2 aromatic rings.